The fourth-order valence-electron chi connectivity index (χ4n) is 3.27. The van der Waals surface area contributed by atoms with Crippen molar-refractivity contribution in [3.05, 3.63) is 35.6 Å². The van der Waals surface area contributed by atoms with Crippen molar-refractivity contribution in [2.45, 2.75) is 38.1 Å². The zero-order valence-electron chi connectivity index (χ0n) is 15.3. The molecule has 0 unspecified atom stereocenters. The fraction of sp³-hybridized carbons (Fsp3) is 0.556. The minimum atomic E-state index is -5.07. The van der Waals surface area contributed by atoms with Crippen LogP contribution >= 0.6 is 0 Å². The van der Waals surface area contributed by atoms with Crippen molar-refractivity contribution in [2.75, 3.05) is 20.1 Å². The largest absolute Gasteiger partial charge is 0.426 e. The van der Waals surface area contributed by atoms with Gasteiger partial charge in [0, 0.05) is 31.7 Å². The van der Waals surface area contributed by atoms with Crippen LogP contribution in [0.4, 0.5) is 17.6 Å². The molecule has 27 heavy (non-hydrogen) atoms. The summed E-state index contributed by atoms with van der Waals surface area (Å²) in [6, 6.07) is 4.76. The van der Waals surface area contributed by atoms with Crippen LogP contribution in [0.25, 0.3) is 0 Å². The van der Waals surface area contributed by atoms with Gasteiger partial charge < -0.3 is 14.9 Å². The number of aliphatic hydroxyl groups is 1. The van der Waals surface area contributed by atoms with E-state index in [-0.39, 0.29) is 37.4 Å². The van der Waals surface area contributed by atoms with Crippen LogP contribution in [0.1, 0.15) is 30.6 Å². The molecule has 1 aromatic carbocycles. The molecule has 9 heteroatoms. The standard InChI is InChI=1S/C18H22F4N2O3/c1-11-10-24(16(26)17(2,27)18(20,21)22)9-8-14(11)23(3)15(25)12-4-6-13(19)7-5-12/h4-7,11,14,27H,8-10H2,1-3H3/t11-,14+,17+/m0/s1. The van der Waals surface area contributed by atoms with E-state index in [1.807, 2.05) is 0 Å². The Hall–Kier alpha value is -2.16. The van der Waals surface area contributed by atoms with Crippen LogP contribution in [-0.2, 0) is 4.79 Å². The number of rotatable bonds is 3. The summed E-state index contributed by atoms with van der Waals surface area (Å²) in [6.45, 7) is 2.13. The van der Waals surface area contributed by atoms with Crippen molar-refractivity contribution in [3.8, 4) is 0 Å². The molecule has 0 saturated carbocycles. The third-order valence-corrected chi connectivity index (χ3v) is 5.02. The third kappa shape index (κ3) is 4.23. The van der Waals surface area contributed by atoms with Crippen LogP contribution in [0.15, 0.2) is 24.3 Å². The summed E-state index contributed by atoms with van der Waals surface area (Å²) in [5, 5.41) is 9.58. The van der Waals surface area contributed by atoms with Gasteiger partial charge in [-0.3, -0.25) is 9.59 Å². The highest BCUT2D eigenvalue weighted by Crippen LogP contribution is 2.33. The molecule has 150 valence electrons. The van der Waals surface area contributed by atoms with Gasteiger partial charge in [-0.2, -0.15) is 13.2 Å². The summed E-state index contributed by atoms with van der Waals surface area (Å²) in [5.74, 6) is -2.51. The van der Waals surface area contributed by atoms with E-state index < -0.39 is 23.5 Å². The molecule has 1 N–H and O–H groups in total. The lowest BCUT2D eigenvalue weighted by molar-refractivity contribution is -0.251. The van der Waals surface area contributed by atoms with Gasteiger partial charge >= 0.3 is 6.18 Å². The van der Waals surface area contributed by atoms with Gasteiger partial charge in [0.1, 0.15) is 5.82 Å². The average molecular weight is 390 g/mol. The molecule has 1 fully saturated rings. The highest BCUT2D eigenvalue weighted by molar-refractivity contribution is 5.94. The van der Waals surface area contributed by atoms with E-state index in [1.165, 1.54) is 29.2 Å². The molecule has 1 aliphatic rings. The number of carbonyl (C=O) groups is 2. The first-order valence-electron chi connectivity index (χ1n) is 8.47. The maximum atomic E-state index is 13.0. The van der Waals surface area contributed by atoms with Crippen LogP contribution in [-0.4, -0.2) is 64.7 Å². The maximum Gasteiger partial charge on any atom is 0.426 e. The van der Waals surface area contributed by atoms with Gasteiger partial charge in [0.05, 0.1) is 0 Å². The minimum absolute atomic E-state index is 0.0128. The van der Waals surface area contributed by atoms with Crippen LogP contribution < -0.4 is 0 Å². The van der Waals surface area contributed by atoms with E-state index in [1.54, 1.807) is 14.0 Å². The second-order valence-electron chi connectivity index (χ2n) is 7.08. The molecule has 0 bridgehead atoms. The number of piperidine rings is 1. The van der Waals surface area contributed by atoms with Crippen molar-refractivity contribution >= 4 is 11.8 Å². The summed E-state index contributed by atoms with van der Waals surface area (Å²) < 4.78 is 51.7. The topological polar surface area (TPSA) is 60.9 Å². The van der Waals surface area contributed by atoms with Crippen LogP contribution in [0.5, 0.6) is 0 Å². The molecule has 0 spiro atoms. The van der Waals surface area contributed by atoms with Gasteiger partial charge in [-0.25, -0.2) is 4.39 Å². The molecule has 2 rings (SSSR count). The maximum absolute atomic E-state index is 13.0. The molecule has 0 radical (unpaired) electrons. The predicted molar refractivity (Wildman–Crippen MR) is 89.3 cm³/mol. The van der Waals surface area contributed by atoms with Gasteiger partial charge in [-0.15, -0.1) is 0 Å². The molecule has 0 aliphatic carbocycles. The zero-order chi connectivity index (χ0) is 20.6. The first kappa shape index (κ1) is 21.1. The number of hydrogen-bond donors (Lipinski definition) is 1. The first-order valence-corrected chi connectivity index (χ1v) is 8.47. The minimum Gasteiger partial charge on any atom is -0.373 e. The number of carbonyl (C=O) groups excluding carboxylic acids is 2. The fourth-order valence-corrected chi connectivity index (χ4v) is 3.27. The van der Waals surface area contributed by atoms with E-state index >= 15 is 0 Å². The number of benzene rings is 1. The number of amides is 2. The number of alkyl halides is 3. The van der Waals surface area contributed by atoms with Crippen molar-refractivity contribution in [2.24, 2.45) is 5.92 Å². The lowest BCUT2D eigenvalue weighted by atomic mass is 9.90. The molecular formula is C18H22F4N2O3. The lowest BCUT2D eigenvalue weighted by Crippen LogP contribution is -2.60. The molecule has 1 aromatic rings. The Morgan fingerprint density at radius 3 is 2.26 bits per heavy atom. The Kier molecular flexibility index (Phi) is 5.84. The van der Waals surface area contributed by atoms with Crippen LogP contribution in [0.2, 0.25) is 0 Å². The smallest absolute Gasteiger partial charge is 0.373 e. The van der Waals surface area contributed by atoms with E-state index in [0.29, 0.717) is 12.5 Å². The Morgan fingerprint density at radius 2 is 1.78 bits per heavy atom. The average Bonchev–Trinajstić information content (AvgIpc) is 2.59. The van der Waals surface area contributed by atoms with Crippen molar-refractivity contribution in [3.63, 3.8) is 0 Å². The van der Waals surface area contributed by atoms with Gasteiger partial charge in [0.25, 0.3) is 11.8 Å². The molecule has 0 aromatic heterocycles. The quantitative estimate of drug-likeness (QED) is 0.807. The van der Waals surface area contributed by atoms with Crippen LogP contribution in [0.3, 0.4) is 0 Å². The molecule has 3 atom stereocenters. The molecule has 5 nitrogen and oxygen atoms in total. The zero-order valence-corrected chi connectivity index (χ0v) is 15.3. The van der Waals surface area contributed by atoms with Crippen molar-refractivity contribution in [1.29, 1.82) is 0 Å². The molecule has 1 heterocycles. The summed E-state index contributed by atoms with van der Waals surface area (Å²) in [4.78, 5) is 27.1. The van der Waals surface area contributed by atoms with Crippen molar-refractivity contribution in [1.82, 2.24) is 9.80 Å². The van der Waals surface area contributed by atoms with E-state index in [0.717, 1.165) is 4.90 Å². The summed E-state index contributed by atoms with van der Waals surface area (Å²) in [6.07, 6.45) is -4.80. The number of hydrogen-bond acceptors (Lipinski definition) is 3. The van der Waals surface area contributed by atoms with E-state index in [4.69, 9.17) is 0 Å². The number of halogens is 4. The first-order chi connectivity index (χ1) is 12.4. The lowest BCUT2D eigenvalue weighted by Gasteiger charge is -2.43. The summed E-state index contributed by atoms with van der Waals surface area (Å²) >= 11 is 0. The van der Waals surface area contributed by atoms with E-state index in [2.05, 4.69) is 0 Å². The van der Waals surface area contributed by atoms with Gasteiger partial charge in [-0.05, 0) is 43.5 Å². The van der Waals surface area contributed by atoms with Crippen LogP contribution in [0, 0.1) is 11.7 Å². The third-order valence-electron chi connectivity index (χ3n) is 5.02. The Bertz CT molecular complexity index is 704. The molecular weight excluding hydrogens is 368 g/mol. The molecule has 2 amide bonds. The van der Waals surface area contributed by atoms with Gasteiger partial charge in [0.2, 0.25) is 5.60 Å². The van der Waals surface area contributed by atoms with E-state index in [9.17, 15) is 32.3 Å². The number of likely N-dealkylation sites (tertiary alicyclic amines) is 1. The monoisotopic (exact) mass is 390 g/mol. The molecule has 1 aliphatic heterocycles. The Morgan fingerprint density at radius 1 is 1.22 bits per heavy atom. The normalized spacial score (nSPS) is 22.9. The van der Waals surface area contributed by atoms with Crippen molar-refractivity contribution < 1.29 is 32.3 Å². The Labute approximate surface area is 154 Å². The Balaban J connectivity index is 2.07. The second kappa shape index (κ2) is 7.46. The second-order valence-corrected chi connectivity index (χ2v) is 7.08. The van der Waals surface area contributed by atoms with Gasteiger partial charge in [-0.1, -0.05) is 6.92 Å². The SMILES string of the molecule is C[C@H]1CN(C(=O)[C@@](C)(O)C(F)(F)F)CC[C@H]1N(C)C(=O)c1ccc(F)cc1. The number of nitrogens with zero attached hydrogens (tertiary/aromatic N) is 2. The molecule has 1 saturated heterocycles. The summed E-state index contributed by atoms with van der Waals surface area (Å²) in [7, 11) is 1.57. The highest BCUT2D eigenvalue weighted by atomic mass is 19.4. The predicted octanol–water partition coefficient (Wildman–Crippen LogP) is 2.45. The summed E-state index contributed by atoms with van der Waals surface area (Å²) in [5.41, 5.74) is -3.15. The van der Waals surface area contributed by atoms with Gasteiger partial charge in [0.15, 0.2) is 0 Å². The highest BCUT2D eigenvalue weighted by Gasteiger charge is 2.57.